The molecule has 0 aromatic carbocycles. The van der Waals surface area contributed by atoms with Gasteiger partial charge >= 0.3 is 0 Å². The summed E-state index contributed by atoms with van der Waals surface area (Å²) >= 11 is 3.45. The number of nitrogens with one attached hydrogen (secondary N) is 1. The number of carbonyl (C=O) groups is 1. The second kappa shape index (κ2) is 7.99. The Balaban J connectivity index is 1.79. The Morgan fingerprint density at radius 2 is 2.14 bits per heavy atom. The molecule has 118 valence electrons. The van der Waals surface area contributed by atoms with Crippen LogP contribution >= 0.6 is 15.9 Å². The van der Waals surface area contributed by atoms with E-state index in [1.54, 1.807) is 0 Å². The number of nitrogens with zero attached hydrogens (tertiary/aromatic N) is 2. The second-order valence-electron chi connectivity index (χ2n) is 6.03. The number of aryl methyl sites for hydroxylation is 1. The third-order valence-electron chi connectivity index (χ3n) is 4.24. The Morgan fingerprint density at radius 1 is 1.43 bits per heavy atom. The van der Waals surface area contributed by atoms with Crippen molar-refractivity contribution in [2.45, 2.75) is 39.2 Å². The molecule has 2 heterocycles. The standard InChI is InChI=1S/C16H26BrN3O/c1-3-8-20-12-14(17)11-15(20)16(21)18-7-4-13-5-9-19(2)10-6-13/h11-13H,3-10H2,1-2H3,(H,18,21). The number of hydrogen-bond acceptors (Lipinski definition) is 2. The molecule has 1 aliphatic rings. The van der Waals surface area contributed by atoms with Crippen LogP contribution < -0.4 is 5.32 Å². The summed E-state index contributed by atoms with van der Waals surface area (Å²) < 4.78 is 2.99. The van der Waals surface area contributed by atoms with E-state index in [1.165, 1.54) is 25.9 Å². The Kier molecular flexibility index (Phi) is 6.30. The molecule has 5 heteroatoms. The molecule has 4 nitrogen and oxygen atoms in total. The highest BCUT2D eigenvalue weighted by Gasteiger charge is 2.17. The van der Waals surface area contributed by atoms with Crippen molar-refractivity contribution in [3.05, 3.63) is 22.4 Å². The zero-order valence-electron chi connectivity index (χ0n) is 13.1. The van der Waals surface area contributed by atoms with Crippen molar-refractivity contribution in [2.24, 2.45) is 5.92 Å². The zero-order chi connectivity index (χ0) is 15.2. The van der Waals surface area contributed by atoms with Gasteiger partial charge in [-0.1, -0.05) is 6.92 Å². The number of likely N-dealkylation sites (tertiary alicyclic amines) is 1. The van der Waals surface area contributed by atoms with Crippen LogP contribution in [-0.2, 0) is 6.54 Å². The average Bonchev–Trinajstić information content (AvgIpc) is 2.82. The van der Waals surface area contributed by atoms with Gasteiger partial charge in [0.1, 0.15) is 5.69 Å². The van der Waals surface area contributed by atoms with E-state index >= 15 is 0 Å². The van der Waals surface area contributed by atoms with Gasteiger partial charge in [0, 0.05) is 23.8 Å². The monoisotopic (exact) mass is 355 g/mol. The van der Waals surface area contributed by atoms with E-state index in [2.05, 4.69) is 40.1 Å². The van der Waals surface area contributed by atoms with Crippen LogP contribution in [0.15, 0.2) is 16.7 Å². The van der Waals surface area contributed by atoms with E-state index in [0.717, 1.165) is 42.0 Å². The molecular formula is C16H26BrN3O. The average molecular weight is 356 g/mol. The number of rotatable bonds is 6. The minimum atomic E-state index is 0.0436. The van der Waals surface area contributed by atoms with Crippen molar-refractivity contribution in [3.8, 4) is 0 Å². The summed E-state index contributed by atoms with van der Waals surface area (Å²) in [5.74, 6) is 0.803. The topological polar surface area (TPSA) is 37.3 Å². The number of amides is 1. The van der Waals surface area contributed by atoms with E-state index in [0.29, 0.717) is 0 Å². The van der Waals surface area contributed by atoms with E-state index in [-0.39, 0.29) is 5.91 Å². The van der Waals surface area contributed by atoms with Crippen molar-refractivity contribution < 1.29 is 4.79 Å². The fourth-order valence-corrected chi connectivity index (χ4v) is 3.39. The lowest BCUT2D eigenvalue weighted by molar-refractivity contribution is 0.0939. The maximum Gasteiger partial charge on any atom is 0.267 e. The van der Waals surface area contributed by atoms with E-state index in [1.807, 2.05) is 16.8 Å². The summed E-state index contributed by atoms with van der Waals surface area (Å²) in [6.45, 7) is 6.15. The first-order valence-electron chi connectivity index (χ1n) is 7.92. The molecule has 0 spiro atoms. The quantitative estimate of drug-likeness (QED) is 0.850. The van der Waals surface area contributed by atoms with Gasteiger partial charge in [-0.05, 0) is 73.7 Å². The van der Waals surface area contributed by atoms with Gasteiger partial charge in [0.2, 0.25) is 0 Å². The molecular weight excluding hydrogens is 330 g/mol. The fraction of sp³-hybridized carbons (Fsp3) is 0.688. The summed E-state index contributed by atoms with van der Waals surface area (Å²) in [5, 5.41) is 3.08. The van der Waals surface area contributed by atoms with Crippen LogP contribution in [0.4, 0.5) is 0 Å². The highest BCUT2D eigenvalue weighted by atomic mass is 79.9. The number of carbonyl (C=O) groups excluding carboxylic acids is 1. The number of aromatic nitrogens is 1. The number of piperidine rings is 1. The Morgan fingerprint density at radius 3 is 2.81 bits per heavy atom. The second-order valence-corrected chi connectivity index (χ2v) is 6.94. The molecule has 1 N–H and O–H groups in total. The number of halogens is 1. The maximum atomic E-state index is 12.3. The molecule has 1 aromatic rings. The SMILES string of the molecule is CCCn1cc(Br)cc1C(=O)NCCC1CCN(C)CC1. The molecule has 0 aliphatic carbocycles. The van der Waals surface area contributed by atoms with E-state index in [9.17, 15) is 4.79 Å². The summed E-state index contributed by atoms with van der Waals surface area (Å²) in [4.78, 5) is 14.7. The van der Waals surface area contributed by atoms with Crippen LogP contribution in [0.3, 0.4) is 0 Å². The van der Waals surface area contributed by atoms with Crippen LogP contribution in [0.1, 0.15) is 43.1 Å². The molecule has 0 bridgehead atoms. The van der Waals surface area contributed by atoms with Gasteiger partial charge in [-0.15, -0.1) is 0 Å². The van der Waals surface area contributed by atoms with Crippen molar-refractivity contribution in [2.75, 3.05) is 26.7 Å². The summed E-state index contributed by atoms with van der Waals surface area (Å²) in [6, 6.07) is 1.90. The molecule has 21 heavy (non-hydrogen) atoms. The minimum Gasteiger partial charge on any atom is -0.351 e. The van der Waals surface area contributed by atoms with E-state index in [4.69, 9.17) is 0 Å². The molecule has 1 fully saturated rings. The van der Waals surface area contributed by atoms with Gasteiger partial charge in [-0.2, -0.15) is 0 Å². The third kappa shape index (κ3) is 4.85. The summed E-state index contributed by atoms with van der Waals surface area (Å²) in [7, 11) is 2.18. The van der Waals surface area contributed by atoms with E-state index < -0.39 is 0 Å². The molecule has 2 rings (SSSR count). The number of hydrogen-bond donors (Lipinski definition) is 1. The zero-order valence-corrected chi connectivity index (χ0v) is 14.7. The molecule has 1 aliphatic heterocycles. The van der Waals surface area contributed by atoms with Gasteiger partial charge in [-0.25, -0.2) is 0 Å². The smallest absolute Gasteiger partial charge is 0.267 e. The summed E-state index contributed by atoms with van der Waals surface area (Å²) in [6.07, 6.45) is 6.61. The van der Waals surface area contributed by atoms with Crippen LogP contribution in [0.2, 0.25) is 0 Å². The molecule has 0 saturated carbocycles. The lowest BCUT2D eigenvalue weighted by Gasteiger charge is -2.28. The Hall–Kier alpha value is -0.810. The Labute approximate surface area is 136 Å². The first-order valence-corrected chi connectivity index (χ1v) is 8.72. The summed E-state index contributed by atoms with van der Waals surface area (Å²) in [5.41, 5.74) is 0.757. The third-order valence-corrected chi connectivity index (χ3v) is 4.67. The fourth-order valence-electron chi connectivity index (χ4n) is 2.92. The minimum absolute atomic E-state index is 0.0436. The molecule has 1 amide bonds. The molecule has 0 radical (unpaired) electrons. The highest BCUT2D eigenvalue weighted by Crippen LogP contribution is 2.19. The van der Waals surface area contributed by atoms with Crippen LogP contribution in [0.25, 0.3) is 0 Å². The van der Waals surface area contributed by atoms with Gasteiger partial charge in [-0.3, -0.25) is 4.79 Å². The molecule has 0 unspecified atom stereocenters. The van der Waals surface area contributed by atoms with Crippen molar-refractivity contribution >= 4 is 21.8 Å². The van der Waals surface area contributed by atoms with Crippen molar-refractivity contribution in [1.29, 1.82) is 0 Å². The lowest BCUT2D eigenvalue weighted by atomic mass is 9.94. The Bertz CT molecular complexity index is 464. The molecule has 1 aromatic heterocycles. The first kappa shape index (κ1) is 16.6. The molecule has 1 saturated heterocycles. The largest absolute Gasteiger partial charge is 0.351 e. The predicted octanol–water partition coefficient (Wildman–Crippen LogP) is 3.12. The first-order chi connectivity index (χ1) is 10.1. The highest BCUT2D eigenvalue weighted by molar-refractivity contribution is 9.10. The van der Waals surface area contributed by atoms with Gasteiger partial charge in [0.15, 0.2) is 0 Å². The molecule has 0 atom stereocenters. The van der Waals surface area contributed by atoms with Crippen LogP contribution in [0, 0.1) is 5.92 Å². The predicted molar refractivity (Wildman–Crippen MR) is 89.6 cm³/mol. The lowest BCUT2D eigenvalue weighted by Crippen LogP contribution is -2.33. The van der Waals surface area contributed by atoms with Crippen LogP contribution in [0.5, 0.6) is 0 Å². The van der Waals surface area contributed by atoms with Gasteiger partial charge in [0.25, 0.3) is 5.91 Å². The van der Waals surface area contributed by atoms with Crippen molar-refractivity contribution in [3.63, 3.8) is 0 Å². The van der Waals surface area contributed by atoms with Gasteiger partial charge < -0.3 is 14.8 Å². The van der Waals surface area contributed by atoms with Crippen molar-refractivity contribution in [1.82, 2.24) is 14.8 Å². The van der Waals surface area contributed by atoms with Crippen LogP contribution in [-0.4, -0.2) is 42.1 Å². The maximum absolute atomic E-state index is 12.3. The van der Waals surface area contributed by atoms with Gasteiger partial charge in [0.05, 0.1) is 0 Å². The normalized spacial score (nSPS) is 17.1.